The molecule has 2 atom stereocenters. The highest BCUT2D eigenvalue weighted by Gasteiger charge is 2.49. The van der Waals surface area contributed by atoms with Gasteiger partial charge < -0.3 is 10.1 Å². The maximum Gasteiger partial charge on any atom is 0.344 e. The van der Waals surface area contributed by atoms with E-state index >= 15 is 0 Å². The first kappa shape index (κ1) is 18.4. The number of hydrogen-bond donors (Lipinski definition) is 2. The molecule has 0 saturated carbocycles. The monoisotopic (exact) mass is 347 g/mol. The van der Waals surface area contributed by atoms with Crippen LogP contribution in [0.2, 0.25) is 0 Å². The number of rotatable bonds is 6. The molecule has 0 aromatic heterocycles. The molecule has 1 aliphatic heterocycles. The Morgan fingerprint density at radius 1 is 1.24 bits per heavy atom. The van der Waals surface area contributed by atoms with E-state index in [1.807, 2.05) is 0 Å². The molecule has 2 N–H and O–H groups in total. The third-order valence-electron chi connectivity index (χ3n) is 4.06. The minimum Gasteiger partial charge on any atom is -0.469 e. The molecule has 8 nitrogen and oxygen atoms in total. The van der Waals surface area contributed by atoms with Gasteiger partial charge in [-0.1, -0.05) is 37.3 Å². The number of amides is 4. The van der Waals surface area contributed by atoms with Crippen LogP contribution in [0.3, 0.4) is 0 Å². The molecule has 1 fully saturated rings. The van der Waals surface area contributed by atoms with Crippen molar-refractivity contribution in [1.82, 2.24) is 15.8 Å². The second kappa shape index (κ2) is 7.33. The normalized spacial score (nSPS) is 20.8. The highest BCUT2D eigenvalue weighted by Crippen LogP contribution is 2.27. The van der Waals surface area contributed by atoms with E-state index < -0.39 is 29.4 Å². The number of hydrazine groups is 1. The Hall–Kier alpha value is -2.90. The minimum atomic E-state index is -1.25. The second-order valence-corrected chi connectivity index (χ2v) is 6.19. The third kappa shape index (κ3) is 3.96. The van der Waals surface area contributed by atoms with E-state index in [1.165, 1.54) is 7.11 Å². The Morgan fingerprint density at radius 2 is 1.88 bits per heavy atom. The van der Waals surface area contributed by atoms with Crippen molar-refractivity contribution in [2.45, 2.75) is 32.2 Å². The molecule has 1 aromatic carbocycles. The van der Waals surface area contributed by atoms with Gasteiger partial charge in [-0.15, -0.1) is 0 Å². The van der Waals surface area contributed by atoms with Gasteiger partial charge in [-0.05, 0) is 18.4 Å². The number of nitrogens with one attached hydrogen (secondary N) is 2. The van der Waals surface area contributed by atoms with Gasteiger partial charge in [0.25, 0.3) is 5.91 Å². The molecule has 0 radical (unpaired) electrons. The fourth-order valence-corrected chi connectivity index (χ4v) is 2.63. The number of nitrogens with zero attached hydrogens (tertiary/aromatic N) is 1. The lowest BCUT2D eigenvalue weighted by Gasteiger charge is -2.22. The largest absolute Gasteiger partial charge is 0.469 e. The first-order valence-corrected chi connectivity index (χ1v) is 7.86. The number of esters is 1. The Kier molecular flexibility index (Phi) is 5.41. The molecule has 25 heavy (non-hydrogen) atoms. The molecule has 8 heteroatoms. The topological polar surface area (TPSA) is 105 Å². The Labute approximate surface area is 145 Å². The molecule has 134 valence electrons. The van der Waals surface area contributed by atoms with Gasteiger partial charge in [-0.2, -0.15) is 5.01 Å². The van der Waals surface area contributed by atoms with Gasteiger partial charge in [0.15, 0.2) is 0 Å². The highest BCUT2D eigenvalue weighted by atomic mass is 16.5. The van der Waals surface area contributed by atoms with E-state index in [0.717, 1.165) is 0 Å². The highest BCUT2D eigenvalue weighted by molar-refractivity contribution is 6.08. The summed E-state index contributed by atoms with van der Waals surface area (Å²) in [5.41, 5.74) is 1.67. The van der Waals surface area contributed by atoms with Crippen molar-refractivity contribution in [3.8, 4) is 0 Å². The van der Waals surface area contributed by atoms with Gasteiger partial charge in [0.05, 0.1) is 7.11 Å². The molecule has 1 heterocycles. The van der Waals surface area contributed by atoms with Crippen LogP contribution in [-0.2, 0) is 24.7 Å². The van der Waals surface area contributed by atoms with Crippen molar-refractivity contribution in [3.63, 3.8) is 0 Å². The number of carbonyl (C=O) groups is 4. The molecular weight excluding hydrogens is 326 g/mol. The summed E-state index contributed by atoms with van der Waals surface area (Å²) in [6.07, 6.45) is 0.0556. The van der Waals surface area contributed by atoms with Crippen LogP contribution in [0, 0.1) is 5.92 Å². The smallest absolute Gasteiger partial charge is 0.344 e. The summed E-state index contributed by atoms with van der Waals surface area (Å²) in [5, 5.41) is 3.28. The van der Waals surface area contributed by atoms with Crippen molar-refractivity contribution in [2.75, 3.05) is 7.11 Å². The van der Waals surface area contributed by atoms with Gasteiger partial charge >= 0.3 is 12.0 Å². The maximum atomic E-state index is 12.6. The molecule has 0 spiro atoms. The van der Waals surface area contributed by atoms with E-state index in [0.29, 0.717) is 10.6 Å². The summed E-state index contributed by atoms with van der Waals surface area (Å²) in [7, 11) is 1.27. The molecule has 0 bridgehead atoms. The number of urea groups is 1. The van der Waals surface area contributed by atoms with Gasteiger partial charge in [0, 0.05) is 12.8 Å². The van der Waals surface area contributed by atoms with Crippen molar-refractivity contribution < 1.29 is 23.9 Å². The second-order valence-electron chi connectivity index (χ2n) is 6.19. The van der Waals surface area contributed by atoms with Gasteiger partial charge in [0.2, 0.25) is 5.91 Å². The summed E-state index contributed by atoms with van der Waals surface area (Å²) in [5.74, 6) is -1.81. The minimum absolute atomic E-state index is 0.0196. The maximum absolute atomic E-state index is 12.6. The van der Waals surface area contributed by atoms with Crippen LogP contribution in [0.25, 0.3) is 0 Å². The van der Waals surface area contributed by atoms with E-state index in [1.54, 1.807) is 44.2 Å². The molecule has 1 saturated heterocycles. The summed E-state index contributed by atoms with van der Waals surface area (Å²) in [4.78, 5) is 48.1. The molecular formula is C17H21N3O5. The Balaban J connectivity index is 2.03. The SMILES string of the molecule is COC(=O)CC(C)CC(=O)NN1C(=O)NC(C)(c2ccccc2)C1=O. The molecule has 2 unspecified atom stereocenters. The predicted molar refractivity (Wildman–Crippen MR) is 87.7 cm³/mol. The number of methoxy groups -OCH3 is 1. The third-order valence-corrected chi connectivity index (χ3v) is 4.06. The van der Waals surface area contributed by atoms with Gasteiger partial charge in [0.1, 0.15) is 5.54 Å². The zero-order chi connectivity index (χ0) is 18.6. The van der Waals surface area contributed by atoms with E-state index in [9.17, 15) is 19.2 Å². The lowest BCUT2D eigenvalue weighted by atomic mass is 9.92. The van der Waals surface area contributed by atoms with Crippen LogP contribution in [0.1, 0.15) is 32.3 Å². The predicted octanol–water partition coefficient (Wildman–Crippen LogP) is 1.07. The van der Waals surface area contributed by atoms with Crippen LogP contribution in [0.5, 0.6) is 0 Å². The summed E-state index contributed by atoms with van der Waals surface area (Å²) < 4.78 is 4.55. The summed E-state index contributed by atoms with van der Waals surface area (Å²) in [6.45, 7) is 3.28. The first-order valence-electron chi connectivity index (χ1n) is 7.86. The first-order chi connectivity index (χ1) is 11.8. The van der Waals surface area contributed by atoms with Crippen LogP contribution in [-0.4, -0.2) is 35.9 Å². The number of hydrogen-bond acceptors (Lipinski definition) is 5. The number of carbonyl (C=O) groups excluding carboxylic acids is 4. The molecule has 1 aliphatic rings. The van der Waals surface area contributed by atoms with Crippen molar-refractivity contribution in [2.24, 2.45) is 5.92 Å². The van der Waals surface area contributed by atoms with Crippen molar-refractivity contribution in [3.05, 3.63) is 35.9 Å². The zero-order valence-corrected chi connectivity index (χ0v) is 14.4. The zero-order valence-electron chi connectivity index (χ0n) is 14.4. The van der Waals surface area contributed by atoms with Crippen LogP contribution in [0.15, 0.2) is 30.3 Å². The van der Waals surface area contributed by atoms with E-state index in [4.69, 9.17) is 0 Å². The lowest BCUT2D eigenvalue weighted by molar-refractivity contribution is -0.142. The molecule has 1 aromatic rings. The van der Waals surface area contributed by atoms with Crippen molar-refractivity contribution in [1.29, 1.82) is 0 Å². The molecule has 0 aliphatic carbocycles. The number of imide groups is 1. The average molecular weight is 347 g/mol. The average Bonchev–Trinajstić information content (AvgIpc) is 2.79. The summed E-state index contributed by atoms with van der Waals surface area (Å²) >= 11 is 0. The Bertz CT molecular complexity index is 691. The standard InChI is InChI=1S/C17H21N3O5/c1-11(10-14(22)25-3)9-13(21)19-20-15(23)17(2,18-16(20)24)12-7-5-4-6-8-12/h4-8,11H,9-10H2,1-3H3,(H,18,24)(H,19,21). The Morgan fingerprint density at radius 3 is 2.48 bits per heavy atom. The summed E-state index contributed by atoms with van der Waals surface area (Å²) in [6, 6.07) is 8.07. The lowest BCUT2D eigenvalue weighted by Crippen LogP contribution is -2.48. The van der Waals surface area contributed by atoms with E-state index in [2.05, 4.69) is 15.5 Å². The van der Waals surface area contributed by atoms with Crippen LogP contribution < -0.4 is 10.7 Å². The number of ether oxygens (including phenoxy) is 1. The molecule has 4 amide bonds. The van der Waals surface area contributed by atoms with E-state index in [-0.39, 0.29) is 18.8 Å². The number of benzene rings is 1. The fraction of sp³-hybridized carbons (Fsp3) is 0.412. The van der Waals surface area contributed by atoms with Crippen LogP contribution >= 0.6 is 0 Å². The van der Waals surface area contributed by atoms with Gasteiger partial charge in [-0.3, -0.25) is 19.8 Å². The molecule has 2 rings (SSSR count). The van der Waals surface area contributed by atoms with Gasteiger partial charge in [-0.25, -0.2) is 4.79 Å². The fourth-order valence-electron chi connectivity index (χ4n) is 2.63. The quantitative estimate of drug-likeness (QED) is 0.592. The van der Waals surface area contributed by atoms with Crippen LogP contribution in [0.4, 0.5) is 4.79 Å². The van der Waals surface area contributed by atoms with Crippen molar-refractivity contribution >= 4 is 23.8 Å².